The highest BCUT2D eigenvalue weighted by Crippen LogP contribution is 2.07. The van der Waals surface area contributed by atoms with Crippen molar-refractivity contribution in [1.29, 1.82) is 0 Å². The Bertz CT molecular complexity index is 216. The van der Waals surface area contributed by atoms with E-state index in [2.05, 4.69) is 22.5 Å². The summed E-state index contributed by atoms with van der Waals surface area (Å²) in [6.07, 6.45) is 4.58. The van der Waals surface area contributed by atoms with Crippen LogP contribution in [0.4, 0.5) is 0 Å². The number of hydrogen-bond acceptors (Lipinski definition) is 3. The standard InChI is InChI=1S/C12H21BrO3/c1-10(2)12(15)16-8-6-4-3-5-7-11(14)9-13/h11,14H,1,3-9H2,2H3. The van der Waals surface area contributed by atoms with Gasteiger partial charge in [0.15, 0.2) is 0 Å². The lowest BCUT2D eigenvalue weighted by Crippen LogP contribution is -2.07. The second-order valence-electron chi connectivity index (χ2n) is 3.93. The summed E-state index contributed by atoms with van der Waals surface area (Å²) in [7, 11) is 0. The lowest BCUT2D eigenvalue weighted by atomic mass is 10.1. The molecule has 0 saturated carbocycles. The first-order valence-electron chi connectivity index (χ1n) is 5.64. The third-order valence-corrected chi connectivity index (χ3v) is 2.94. The lowest BCUT2D eigenvalue weighted by molar-refractivity contribution is -0.139. The van der Waals surface area contributed by atoms with Crippen LogP contribution >= 0.6 is 15.9 Å². The van der Waals surface area contributed by atoms with Gasteiger partial charge in [0.2, 0.25) is 0 Å². The zero-order valence-electron chi connectivity index (χ0n) is 9.88. The monoisotopic (exact) mass is 292 g/mol. The van der Waals surface area contributed by atoms with Gasteiger partial charge in [-0.2, -0.15) is 0 Å². The third kappa shape index (κ3) is 8.92. The molecular weight excluding hydrogens is 272 g/mol. The molecule has 0 aromatic carbocycles. The smallest absolute Gasteiger partial charge is 0.333 e. The summed E-state index contributed by atoms with van der Waals surface area (Å²) < 4.78 is 4.96. The van der Waals surface area contributed by atoms with Crippen molar-refractivity contribution in [3.63, 3.8) is 0 Å². The van der Waals surface area contributed by atoms with Gasteiger partial charge in [-0.05, 0) is 19.8 Å². The van der Waals surface area contributed by atoms with E-state index < -0.39 is 0 Å². The molecule has 4 heteroatoms. The molecule has 0 radical (unpaired) electrons. The van der Waals surface area contributed by atoms with E-state index in [1.165, 1.54) is 0 Å². The average Bonchev–Trinajstić information content (AvgIpc) is 2.26. The van der Waals surface area contributed by atoms with Gasteiger partial charge in [-0.25, -0.2) is 4.79 Å². The number of carbonyl (C=O) groups excluding carboxylic acids is 1. The second kappa shape index (κ2) is 9.85. The van der Waals surface area contributed by atoms with E-state index in [1.807, 2.05) is 0 Å². The second-order valence-corrected chi connectivity index (χ2v) is 4.57. The molecule has 0 aromatic heterocycles. The van der Waals surface area contributed by atoms with E-state index in [1.54, 1.807) is 6.92 Å². The van der Waals surface area contributed by atoms with Crippen molar-refractivity contribution in [3.8, 4) is 0 Å². The SMILES string of the molecule is C=C(C)C(=O)OCCCCCCC(O)CBr. The maximum absolute atomic E-state index is 11.0. The molecule has 0 amide bonds. The van der Waals surface area contributed by atoms with Crippen LogP contribution in [0.5, 0.6) is 0 Å². The van der Waals surface area contributed by atoms with Gasteiger partial charge in [0, 0.05) is 10.9 Å². The van der Waals surface area contributed by atoms with E-state index in [0.717, 1.165) is 32.1 Å². The molecule has 1 atom stereocenters. The Morgan fingerprint density at radius 3 is 2.56 bits per heavy atom. The van der Waals surface area contributed by atoms with Crippen molar-refractivity contribution in [3.05, 3.63) is 12.2 Å². The Hall–Kier alpha value is -0.350. The highest BCUT2D eigenvalue weighted by molar-refractivity contribution is 9.09. The molecule has 1 N–H and O–H groups in total. The molecule has 0 bridgehead atoms. The minimum absolute atomic E-state index is 0.235. The minimum Gasteiger partial charge on any atom is -0.462 e. The molecule has 0 aromatic rings. The molecule has 94 valence electrons. The Labute approximate surface area is 106 Å². The van der Waals surface area contributed by atoms with E-state index in [0.29, 0.717) is 17.5 Å². The van der Waals surface area contributed by atoms with Crippen molar-refractivity contribution in [2.24, 2.45) is 0 Å². The Morgan fingerprint density at radius 2 is 2.00 bits per heavy atom. The summed E-state index contributed by atoms with van der Waals surface area (Å²) in [6.45, 7) is 5.61. The molecule has 1 unspecified atom stereocenters. The highest BCUT2D eigenvalue weighted by atomic mass is 79.9. The van der Waals surface area contributed by atoms with E-state index in [9.17, 15) is 9.90 Å². The van der Waals surface area contributed by atoms with Crippen molar-refractivity contribution in [2.75, 3.05) is 11.9 Å². The van der Waals surface area contributed by atoms with Crippen LogP contribution in [0.1, 0.15) is 39.0 Å². The lowest BCUT2D eigenvalue weighted by Gasteiger charge is -2.06. The van der Waals surface area contributed by atoms with Crippen molar-refractivity contribution < 1.29 is 14.6 Å². The fourth-order valence-electron chi connectivity index (χ4n) is 1.20. The first kappa shape index (κ1) is 15.7. The quantitative estimate of drug-likeness (QED) is 0.308. The number of halogens is 1. The minimum atomic E-state index is -0.310. The van der Waals surface area contributed by atoms with Crippen LogP contribution in [-0.2, 0) is 9.53 Å². The van der Waals surface area contributed by atoms with Gasteiger partial charge in [0.05, 0.1) is 12.7 Å². The number of rotatable bonds is 9. The molecule has 0 spiro atoms. The van der Waals surface area contributed by atoms with Crippen LogP contribution in [0, 0.1) is 0 Å². The summed E-state index contributed by atoms with van der Waals surface area (Å²) >= 11 is 3.22. The van der Waals surface area contributed by atoms with Gasteiger partial charge in [0.1, 0.15) is 0 Å². The van der Waals surface area contributed by atoms with Crippen LogP contribution < -0.4 is 0 Å². The molecule has 0 saturated heterocycles. The van der Waals surface area contributed by atoms with Gasteiger partial charge in [-0.3, -0.25) is 0 Å². The summed E-state index contributed by atoms with van der Waals surface area (Å²) in [5, 5.41) is 9.91. The number of aliphatic hydroxyl groups excluding tert-OH is 1. The van der Waals surface area contributed by atoms with Crippen LogP contribution in [0.2, 0.25) is 0 Å². The molecule has 0 rings (SSSR count). The maximum Gasteiger partial charge on any atom is 0.333 e. The number of unbranched alkanes of at least 4 members (excludes halogenated alkanes) is 3. The molecule has 3 nitrogen and oxygen atoms in total. The molecule has 0 fully saturated rings. The molecule has 0 heterocycles. The van der Waals surface area contributed by atoms with E-state index in [4.69, 9.17) is 4.74 Å². The summed E-state index contributed by atoms with van der Waals surface area (Å²) in [6, 6.07) is 0. The highest BCUT2D eigenvalue weighted by Gasteiger charge is 2.03. The average molecular weight is 293 g/mol. The zero-order chi connectivity index (χ0) is 12.4. The molecule has 16 heavy (non-hydrogen) atoms. The maximum atomic E-state index is 11.0. The number of esters is 1. The van der Waals surface area contributed by atoms with Crippen molar-refractivity contribution in [2.45, 2.75) is 45.1 Å². The summed E-state index contributed by atoms with van der Waals surface area (Å²) in [5.41, 5.74) is 0.445. The van der Waals surface area contributed by atoms with Gasteiger partial charge in [-0.15, -0.1) is 0 Å². The van der Waals surface area contributed by atoms with Crippen LogP contribution in [0.15, 0.2) is 12.2 Å². The van der Waals surface area contributed by atoms with Crippen LogP contribution in [0.25, 0.3) is 0 Å². The number of alkyl halides is 1. The fourth-order valence-corrected chi connectivity index (χ4v) is 1.52. The van der Waals surface area contributed by atoms with Gasteiger partial charge in [0.25, 0.3) is 0 Å². The molecule has 0 aliphatic rings. The van der Waals surface area contributed by atoms with Crippen LogP contribution in [0.3, 0.4) is 0 Å². The Kier molecular flexibility index (Phi) is 9.63. The van der Waals surface area contributed by atoms with Crippen molar-refractivity contribution >= 4 is 21.9 Å². The molecule has 0 aliphatic carbocycles. The Balaban J connectivity index is 3.22. The molecule has 0 aliphatic heterocycles. The van der Waals surface area contributed by atoms with Crippen LogP contribution in [-0.4, -0.2) is 29.1 Å². The van der Waals surface area contributed by atoms with Crippen molar-refractivity contribution in [1.82, 2.24) is 0 Å². The predicted molar refractivity (Wildman–Crippen MR) is 68.7 cm³/mol. The number of carbonyl (C=O) groups is 1. The first-order valence-corrected chi connectivity index (χ1v) is 6.76. The predicted octanol–water partition coefficient (Wildman–Crippen LogP) is 2.81. The summed E-state index contributed by atoms with van der Waals surface area (Å²) in [5.74, 6) is -0.310. The van der Waals surface area contributed by atoms with E-state index >= 15 is 0 Å². The third-order valence-electron chi connectivity index (χ3n) is 2.19. The fraction of sp³-hybridized carbons (Fsp3) is 0.750. The topological polar surface area (TPSA) is 46.5 Å². The van der Waals surface area contributed by atoms with Gasteiger partial charge in [-0.1, -0.05) is 41.8 Å². The van der Waals surface area contributed by atoms with Gasteiger partial charge >= 0.3 is 5.97 Å². The first-order chi connectivity index (χ1) is 7.57. The number of aliphatic hydroxyl groups is 1. The largest absolute Gasteiger partial charge is 0.462 e. The summed E-state index contributed by atoms with van der Waals surface area (Å²) in [4.78, 5) is 11.0. The Morgan fingerprint density at radius 1 is 1.38 bits per heavy atom. The number of hydrogen-bond donors (Lipinski definition) is 1. The normalized spacial score (nSPS) is 12.2. The zero-order valence-corrected chi connectivity index (χ0v) is 11.5. The molecular formula is C12H21BrO3. The van der Waals surface area contributed by atoms with Gasteiger partial charge < -0.3 is 9.84 Å². The number of ether oxygens (including phenoxy) is 1. The van der Waals surface area contributed by atoms with E-state index in [-0.39, 0.29) is 12.1 Å².